The van der Waals surface area contributed by atoms with Crippen LogP contribution in [0, 0.1) is 17.3 Å². The minimum atomic E-state index is -1.17. The Balaban J connectivity index is 1.56. The van der Waals surface area contributed by atoms with Gasteiger partial charge in [0.25, 0.3) is 0 Å². The highest BCUT2D eigenvalue weighted by Crippen LogP contribution is 2.52. The number of benzene rings is 1. The molecule has 2 aromatic rings. The van der Waals surface area contributed by atoms with Crippen molar-refractivity contribution in [1.29, 1.82) is 0 Å². The zero-order chi connectivity index (χ0) is 25.4. The summed E-state index contributed by atoms with van der Waals surface area (Å²) in [6.45, 7) is 10.5. The lowest BCUT2D eigenvalue weighted by atomic mass is 9.73. The molecule has 35 heavy (non-hydrogen) atoms. The van der Waals surface area contributed by atoms with Gasteiger partial charge in [-0.25, -0.2) is 18.9 Å². The number of piperidine rings is 1. The molecule has 0 saturated carbocycles. The third-order valence-corrected chi connectivity index (χ3v) is 8.39. The van der Waals surface area contributed by atoms with E-state index >= 15 is 0 Å². The second-order valence-electron chi connectivity index (χ2n) is 11.1. The van der Waals surface area contributed by atoms with Gasteiger partial charge < -0.3 is 15.1 Å². The minimum absolute atomic E-state index is 0.0218. The lowest BCUT2D eigenvalue weighted by Gasteiger charge is -2.44. The van der Waals surface area contributed by atoms with E-state index in [9.17, 15) is 14.4 Å². The van der Waals surface area contributed by atoms with E-state index in [1.807, 2.05) is 20.8 Å². The van der Waals surface area contributed by atoms with Crippen molar-refractivity contribution in [3.63, 3.8) is 0 Å². The Morgan fingerprint density at radius 1 is 1.20 bits per heavy atom. The van der Waals surface area contributed by atoms with Gasteiger partial charge in [0.1, 0.15) is 17.0 Å². The van der Waals surface area contributed by atoms with Crippen LogP contribution in [0.15, 0.2) is 30.5 Å². The number of nitrogens with one attached hydrogen (secondary N) is 1. The van der Waals surface area contributed by atoms with E-state index in [4.69, 9.17) is 0 Å². The fourth-order valence-corrected chi connectivity index (χ4v) is 5.90. The lowest BCUT2D eigenvalue weighted by molar-refractivity contribution is 0.143. The number of nitrogens with zero attached hydrogens (tertiary/aromatic N) is 3. The van der Waals surface area contributed by atoms with Gasteiger partial charge in [-0.3, -0.25) is 0 Å². The summed E-state index contributed by atoms with van der Waals surface area (Å²) in [5, 5.41) is 19.8. The highest BCUT2D eigenvalue weighted by atomic mass is 32.2. The maximum absolute atomic E-state index is 13.1. The van der Waals surface area contributed by atoms with Crippen LogP contribution in [0.25, 0.3) is 0 Å². The molecule has 1 aromatic heterocycles. The summed E-state index contributed by atoms with van der Waals surface area (Å²) >= 11 is 0. The summed E-state index contributed by atoms with van der Waals surface area (Å²) in [5.74, 6) is 6.25. The van der Waals surface area contributed by atoms with Crippen LogP contribution in [0.5, 0.6) is 0 Å². The zero-order valence-corrected chi connectivity index (χ0v) is 22.1. The first-order valence-electron chi connectivity index (χ1n) is 12.1. The van der Waals surface area contributed by atoms with Crippen molar-refractivity contribution in [3.8, 4) is 11.8 Å². The molecule has 1 spiro atoms. The molecule has 188 valence electrons. The predicted octanol–water partition coefficient (Wildman–Crippen LogP) is 3.03. The Morgan fingerprint density at radius 2 is 1.89 bits per heavy atom. The Morgan fingerprint density at radius 3 is 2.51 bits per heavy atom. The molecule has 1 saturated heterocycles. The summed E-state index contributed by atoms with van der Waals surface area (Å²) in [6.07, 6.45) is 4.38. The van der Waals surface area contributed by atoms with Crippen LogP contribution in [-0.4, -0.2) is 47.8 Å². The van der Waals surface area contributed by atoms with Crippen LogP contribution >= 0.6 is 0 Å². The van der Waals surface area contributed by atoms with E-state index in [0.29, 0.717) is 17.2 Å². The average molecular weight is 497 g/mol. The van der Waals surface area contributed by atoms with Crippen LogP contribution in [-0.2, 0) is 24.0 Å². The van der Waals surface area contributed by atoms with Crippen LogP contribution in [0.3, 0.4) is 0 Å². The third kappa shape index (κ3) is 5.59. The van der Waals surface area contributed by atoms with Crippen molar-refractivity contribution in [2.45, 2.75) is 76.9 Å². The SMILES string of the molecule is CC(C)(O)C#Cc1cnc(N2CCC3(CC2)Cc2ccccc2[C@H]3NS(=O)C(C)(C)C)c(CO)n1. The smallest absolute Gasteiger partial charge is 0.152 e. The molecule has 2 aliphatic rings. The van der Waals surface area contributed by atoms with Crippen molar-refractivity contribution in [2.24, 2.45) is 5.41 Å². The fourth-order valence-electron chi connectivity index (χ4n) is 4.96. The van der Waals surface area contributed by atoms with E-state index in [2.05, 4.69) is 55.7 Å². The lowest BCUT2D eigenvalue weighted by Crippen LogP contribution is -2.48. The van der Waals surface area contributed by atoms with Gasteiger partial charge in [0.15, 0.2) is 5.82 Å². The monoisotopic (exact) mass is 496 g/mol. The highest BCUT2D eigenvalue weighted by molar-refractivity contribution is 7.84. The summed E-state index contributed by atoms with van der Waals surface area (Å²) < 4.78 is 16.2. The second-order valence-corrected chi connectivity index (χ2v) is 13.1. The normalized spacial score (nSPS) is 20.3. The van der Waals surface area contributed by atoms with Crippen LogP contribution in [0.2, 0.25) is 0 Å². The highest BCUT2D eigenvalue weighted by Gasteiger charge is 2.49. The molecule has 2 atom stereocenters. The van der Waals surface area contributed by atoms with E-state index in [0.717, 1.165) is 32.4 Å². The first-order chi connectivity index (χ1) is 16.4. The van der Waals surface area contributed by atoms with Gasteiger partial charge in [-0.05, 0) is 76.3 Å². The Bertz CT molecular complexity index is 1170. The van der Waals surface area contributed by atoms with E-state index in [-0.39, 0.29) is 22.8 Å². The quantitative estimate of drug-likeness (QED) is 0.563. The van der Waals surface area contributed by atoms with E-state index in [1.165, 1.54) is 11.1 Å². The standard InChI is InChI=1S/C27H36N4O3S/c1-25(2,3)35(34)30-23-21-9-7-6-8-19(21)16-27(23)12-14-31(15-13-27)24-22(18-32)29-20(17-28-24)10-11-26(4,5)33/h6-9,17,23,30,32-33H,12-16,18H2,1-5H3/t23-,35?/m1/s1. The van der Waals surface area contributed by atoms with Crippen molar-refractivity contribution in [3.05, 3.63) is 53.0 Å². The number of hydrogen-bond acceptors (Lipinski definition) is 6. The molecule has 8 heteroatoms. The zero-order valence-electron chi connectivity index (χ0n) is 21.3. The summed E-state index contributed by atoms with van der Waals surface area (Å²) in [5.41, 5.74) is 2.35. The van der Waals surface area contributed by atoms with E-state index in [1.54, 1.807) is 20.0 Å². The van der Waals surface area contributed by atoms with Gasteiger partial charge in [-0.2, -0.15) is 0 Å². The molecule has 1 aromatic carbocycles. The number of fused-ring (bicyclic) bond motifs is 1. The number of anilines is 1. The first kappa shape index (κ1) is 25.8. The van der Waals surface area contributed by atoms with Crippen molar-refractivity contribution < 1.29 is 14.4 Å². The first-order valence-corrected chi connectivity index (χ1v) is 13.3. The molecular formula is C27H36N4O3S. The summed E-state index contributed by atoms with van der Waals surface area (Å²) in [6, 6.07) is 8.53. The van der Waals surface area contributed by atoms with Crippen LogP contribution < -0.4 is 9.62 Å². The van der Waals surface area contributed by atoms with Gasteiger partial charge in [0, 0.05) is 13.1 Å². The Kier molecular flexibility index (Phi) is 7.09. The maximum Gasteiger partial charge on any atom is 0.152 e. The molecule has 2 heterocycles. The number of rotatable bonds is 4. The largest absolute Gasteiger partial charge is 0.390 e. The molecule has 1 unspecified atom stereocenters. The van der Waals surface area contributed by atoms with Crippen molar-refractivity contribution >= 4 is 16.8 Å². The molecule has 1 fully saturated rings. The molecule has 1 aliphatic carbocycles. The second kappa shape index (κ2) is 9.62. The third-order valence-electron chi connectivity index (χ3n) is 6.83. The number of aliphatic hydroxyl groups excluding tert-OH is 1. The van der Waals surface area contributed by atoms with Crippen LogP contribution in [0.1, 0.15) is 76.0 Å². The molecule has 0 radical (unpaired) electrons. The minimum Gasteiger partial charge on any atom is -0.390 e. The van der Waals surface area contributed by atoms with Gasteiger partial charge >= 0.3 is 0 Å². The molecule has 7 nitrogen and oxygen atoms in total. The average Bonchev–Trinajstić information content (AvgIpc) is 3.09. The maximum atomic E-state index is 13.1. The van der Waals surface area contributed by atoms with Crippen molar-refractivity contribution in [2.75, 3.05) is 18.0 Å². The summed E-state index contributed by atoms with van der Waals surface area (Å²) in [4.78, 5) is 11.2. The number of aromatic nitrogens is 2. The van der Waals surface area contributed by atoms with Crippen molar-refractivity contribution in [1.82, 2.24) is 14.7 Å². The number of hydrogen-bond donors (Lipinski definition) is 3. The molecule has 0 amide bonds. The predicted molar refractivity (Wildman–Crippen MR) is 139 cm³/mol. The van der Waals surface area contributed by atoms with Gasteiger partial charge in [-0.15, -0.1) is 0 Å². The van der Waals surface area contributed by atoms with E-state index < -0.39 is 16.6 Å². The Hall–Kier alpha value is -2.31. The molecule has 0 bridgehead atoms. The summed E-state index contributed by atoms with van der Waals surface area (Å²) in [7, 11) is -1.17. The van der Waals surface area contributed by atoms with Gasteiger partial charge in [0.05, 0.1) is 34.6 Å². The van der Waals surface area contributed by atoms with Crippen LogP contribution in [0.4, 0.5) is 5.82 Å². The molecule has 1 aliphatic heterocycles. The number of aliphatic hydroxyl groups is 2. The van der Waals surface area contributed by atoms with Gasteiger partial charge in [0.2, 0.25) is 0 Å². The molecular weight excluding hydrogens is 460 g/mol. The Labute approximate surface area is 211 Å². The topological polar surface area (TPSA) is 98.6 Å². The fraction of sp³-hybridized carbons (Fsp3) is 0.556. The molecule has 4 rings (SSSR count). The van der Waals surface area contributed by atoms with Gasteiger partial charge in [-0.1, -0.05) is 30.2 Å². The molecule has 3 N–H and O–H groups in total.